The molecule has 0 aliphatic rings. The number of hydrogen-bond acceptors (Lipinski definition) is 6. The molecule has 0 saturated heterocycles. The molecule has 0 spiro atoms. The number of rotatable bonds is 6. The Balaban J connectivity index is 1.73. The van der Waals surface area contributed by atoms with Crippen LogP contribution in [0.25, 0.3) is 17.2 Å². The normalized spacial score (nSPS) is 11.6. The van der Waals surface area contributed by atoms with Crippen molar-refractivity contribution in [2.75, 3.05) is 7.05 Å². The second kappa shape index (κ2) is 7.45. The summed E-state index contributed by atoms with van der Waals surface area (Å²) in [6.07, 6.45) is 10.7. The molecule has 8 heteroatoms. The van der Waals surface area contributed by atoms with Gasteiger partial charge in [0.25, 0.3) is 0 Å². The van der Waals surface area contributed by atoms with Crippen LogP contribution in [0.5, 0.6) is 0 Å². The molecule has 136 valence electrons. The van der Waals surface area contributed by atoms with Crippen molar-refractivity contribution < 1.29 is 0 Å². The molecule has 0 unspecified atom stereocenters. The van der Waals surface area contributed by atoms with E-state index in [9.17, 15) is 0 Å². The van der Waals surface area contributed by atoms with Crippen LogP contribution in [0.2, 0.25) is 0 Å². The number of imidazole rings is 1. The van der Waals surface area contributed by atoms with E-state index >= 15 is 0 Å². The average molecular weight is 360 g/mol. The van der Waals surface area contributed by atoms with Crippen LogP contribution in [-0.4, -0.2) is 47.4 Å². The van der Waals surface area contributed by atoms with Crippen molar-refractivity contribution in [2.45, 2.75) is 26.3 Å². The van der Waals surface area contributed by atoms with Gasteiger partial charge in [-0.1, -0.05) is 19.4 Å². The summed E-state index contributed by atoms with van der Waals surface area (Å²) in [7, 11) is 1.73. The molecule has 0 atom stereocenters. The largest absolute Gasteiger partial charge is 0.324 e. The smallest absolute Gasteiger partial charge is 0.162 e. The van der Waals surface area contributed by atoms with Crippen LogP contribution in [-0.2, 0) is 13.0 Å². The van der Waals surface area contributed by atoms with Gasteiger partial charge in [0.05, 0.1) is 17.9 Å². The minimum Gasteiger partial charge on any atom is -0.324 e. The number of hydrogen-bond donors (Lipinski definition) is 0. The molecule has 27 heavy (non-hydrogen) atoms. The summed E-state index contributed by atoms with van der Waals surface area (Å²) in [5.74, 6) is 0.798. The summed E-state index contributed by atoms with van der Waals surface area (Å²) in [5.41, 5.74) is 4.57. The van der Waals surface area contributed by atoms with Crippen LogP contribution < -0.4 is 0 Å². The molecule has 4 heterocycles. The van der Waals surface area contributed by atoms with Crippen molar-refractivity contribution >= 4 is 11.9 Å². The molecule has 0 fully saturated rings. The lowest BCUT2D eigenvalue weighted by molar-refractivity contribution is 0.742. The zero-order valence-corrected chi connectivity index (χ0v) is 15.3. The van der Waals surface area contributed by atoms with Gasteiger partial charge in [0.2, 0.25) is 0 Å². The third-order valence-corrected chi connectivity index (χ3v) is 4.31. The Bertz CT molecular complexity index is 1090. The lowest BCUT2D eigenvalue weighted by Crippen LogP contribution is -2.09. The number of aryl methyl sites for hydroxylation is 1. The first-order valence-corrected chi connectivity index (χ1v) is 8.87. The monoisotopic (exact) mass is 360 g/mol. The first-order chi connectivity index (χ1) is 13.3. The Labute approximate surface area is 156 Å². The van der Waals surface area contributed by atoms with Gasteiger partial charge >= 0.3 is 0 Å². The summed E-state index contributed by atoms with van der Waals surface area (Å²) in [6, 6.07) is 5.83. The Hall–Kier alpha value is -3.42. The van der Waals surface area contributed by atoms with Gasteiger partial charge in [-0.25, -0.2) is 24.5 Å². The van der Waals surface area contributed by atoms with Crippen LogP contribution in [0, 0.1) is 0 Å². The molecular formula is C19H20N8. The molecular weight excluding hydrogens is 340 g/mol. The molecule has 4 aromatic heterocycles. The van der Waals surface area contributed by atoms with Crippen molar-refractivity contribution in [3.05, 3.63) is 60.2 Å². The molecule has 0 aliphatic heterocycles. The van der Waals surface area contributed by atoms with E-state index in [1.54, 1.807) is 36.6 Å². The summed E-state index contributed by atoms with van der Waals surface area (Å²) >= 11 is 0. The molecule has 4 aromatic rings. The van der Waals surface area contributed by atoms with E-state index in [2.05, 4.69) is 41.5 Å². The van der Waals surface area contributed by atoms with E-state index in [1.165, 1.54) is 0 Å². The van der Waals surface area contributed by atoms with Crippen molar-refractivity contribution in [3.8, 4) is 11.5 Å². The molecule has 0 saturated carbocycles. The fourth-order valence-corrected chi connectivity index (χ4v) is 3.14. The Morgan fingerprint density at radius 2 is 2.11 bits per heavy atom. The molecule has 0 radical (unpaired) electrons. The first-order valence-electron chi connectivity index (χ1n) is 8.87. The number of pyridine rings is 1. The highest BCUT2D eigenvalue weighted by Crippen LogP contribution is 2.20. The summed E-state index contributed by atoms with van der Waals surface area (Å²) in [5, 5.41) is 4.19. The first kappa shape index (κ1) is 17.0. The van der Waals surface area contributed by atoms with E-state index in [1.807, 2.05) is 24.4 Å². The average Bonchev–Trinajstić information content (AvgIpc) is 3.33. The number of aromatic nitrogens is 7. The predicted molar refractivity (Wildman–Crippen MR) is 103 cm³/mol. The highest BCUT2D eigenvalue weighted by atomic mass is 15.3. The maximum Gasteiger partial charge on any atom is 0.162 e. The second-order valence-corrected chi connectivity index (χ2v) is 6.16. The SMILES string of the molecule is CCCc1c(Cn2ccnc2-c2cccc(C=NC)n2)ncn2ncnc12. The molecule has 0 aromatic carbocycles. The quantitative estimate of drug-likeness (QED) is 0.493. The zero-order valence-electron chi connectivity index (χ0n) is 15.3. The third-order valence-electron chi connectivity index (χ3n) is 4.31. The van der Waals surface area contributed by atoms with Gasteiger partial charge in [0.1, 0.15) is 18.3 Å². The Kier molecular flexibility index (Phi) is 4.69. The van der Waals surface area contributed by atoms with E-state index in [-0.39, 0.29) is 0 Å². The van der Waals surface area contributed by atoms with Crippen LogP contribution >= 0.6 is 0 Å². The fraction of sp³-hybridized carbons (Fsp3) is 0.263. The van der Waals surface area contributed by atoms with Crippen molar-refractivity contribution in [3.63, 3.8) is 0 Å². The highest BCUT2D eigenvalue weighted by Gasteiger charge is 2.14. The summed E-state index contributed by atoms with van der Waals surface area (Å²) < 4.78 is 3.78. The maximum atomic E-state index is 4.63. The zero-order chi connectivity index (χ0) is 18.6. The molecule has 8 nitrogen and oxygen atoms in total. The molecule has 0 amide bonds. The third kappa shape index (κ3) is 3.33. The van der Waals surface area contributed by atoms with Gasteiger partial charge in [-0.2, -0.15) is 5.10 Å². The van der Waals surface area contributed by atoms with Crippen LogP contribution in [0.4, 0.5) is 0 Å². The van der Waals surface area contributed by atoms with Crippen molar-refractivity contribution in [2.24, 2.45) is 4.99 Å². The van der Waals surface area contributed by atoms with Crippen LogP contribution in [0.15, 0.2) is 48.2 Å². The van der Waals surface area contributed by atoms with Crippen LogP contribution in [0.3, 0.4) is 0 Å². The van der Waals surface area contributed by atoms with Gasteiger partial charge in [-0.15, -0.1) is 0 Å². The number of nitrogens with zero attached hydrogens (tertiary/aromatic N) is 8. The lowest BCUT2D eigenvalue weighted by atomic mass is 10.1. The molecule has 4 rings (SSSR count). The summed E-state index contributed by atoms with van der Waals surface area (Å²) in [4.78, 5) is 22.2. The molecule has 0 bridgehead atoms. The lowest BCUT2D eigenvalue weighted by Gasteiger charge is -2.12. The highest BCUT2D eigenvalue weighted by molar-refractivity contribution is 5.77. The van der Waals surface area contributed by atoms with Gasteiger partial charge in [0, 0.05) is 31.2 Å². The van der Waals surface area contributed by atoms with E-state index < -0.39 is 0 Å². The standard InChI is InChI=1S/C19H20N8/c1-3-5-15-17(23-13-27-18(15)22-12-24-27)11-26-9-8-21-19(26)16-7-4-6-14(25-16)10-20-2/h4,6-10,12-13H,3,5,11H2,1-2H3. The van der Waals surface area contributed by atoms with Gasteiger partial charge in [-0.3, -0.25) is 4.99 Å². The topological polar surface area (TPSA) is 86.2 Å². The van der Waals surface area contributed by atoms with E-state index in [0.717, 1.165) is 47.0 Å². The molecule has 0 N–H and O–H groups in total. The Morgan fingerprint density at radius 3 is 2.96 bits per heavy atom. The van der Waals surface area contributed by atoms with Crippen molar-refractivity contribution in [1.82, 2.24) is 34.1 Å². The van der Waals surface area contributed by atoms with E-state index in [0.29, 0.717) is 6.54 Å². The maximum absolute atomic E-state index is 4.63. The minimum atomic E-state index is 0.599. The predicted octanol–water partition coefficient (Wildman–Crippen LogP) is 2.43. The molecule has 0 aliphatic carbocycles. The van der Waals surface area contributed by atoms with E-state index in [4.69, 9.17) is 0 Å². The van der Waals surface area contributed by atoms with Gasteiger partial charge in [-0.05, 0) is 18.6 Å². The van der Waals surface area contributed by atoms with Gasteiger partial charge < -0.3 is 4.57 Å². The number of aliphatic imine (C=N–C) groups is 1. The van der Waals surface area contributed by atoms with Crippen LogP contribution in [0.1, 0.15) is 30.3 Å². The second-order valence-electron chi connectivity index (χ2n) is 6.16. The Morgan fingerprint density at radius 1 is 1.19 bits per heavy atom. The van der Waals surface area contributed by atoms with Gasteiger partial charge in [0.15, 0.2) is 11.5 Å². The summed E-state index contributed by atoms with van der Waals surface area (Å²) in [6.45, 7) is 2.75. The minimum absolute atomic E-state index is 0.599. The van der Waals surface area contributed by atoms with Crippen molar-refractivity contribution in [1.29, 1.82) is 0 Å². The fourth-order valence-electron chi connectivity index (χ4n) is 3.14. The number of fused-ring (bicyclic) bond motifs is 1.